The number of hydrogen-bond donors (Lipinski definition) is 2. The molecule has 0 aliphatic heterocycles. The molecule has 0 saturated carbocycles. The fourth-order valence-electron chi connectivity index (χ4n) is 1.74. The van der Waals surface area contributed by atoms with Gasteiger partial charge in [-0.15, -0.1) is 0 Å². The van der Waals surface area contributed by atoms with E-state index >= 15 is 0 Å². The number of amides is 1. The standard InChI is InChI=1S/C14H22N2O/c1-4-11-6-8-13(9-7-11)16-14(17)12(5-2)10-15-3/h6-9,12,15H,4-5,10H2,1-3H3,(H,16,17). The van der Waals surface area contributed by atoms with Crippen molar-refractivity contribution in [2.45, 2.75) is 26.7 Å². The Kier molecular flexibility index (Phi) is 5.70. The summed E-state index contributed by atoms with van der Waals surface area (Å²) in [5, 5.41) is 5.99. The van der Waals surface area contributed by atoms with Crippen LogP contribution in [0.3, 0.4) is 0 Å². The summed E-state index contributed by atoms with van der Waals surface area (Å²) in [7, 11) is 1.87. The molecule has 0 fully saturated rings. The highest BCUT2D eigenvalue weighted by atomic mass is 16.1. The van der Waals surface area contributed by atoms with Crippen LogP contribution in [0.4, 0.5) is 5.69 Å². The van der Waals surface area contributed by atoms with Crippen LogP contribution in [-0.4, -0.2) is 19.5 Å². The average molecular weight is 234 g/mol. The minimum atomic E-state index is 0.0332. The fraction of sp³-hybridized carbons (Fsp3) is 0.500. The number of carbonyl (C=O) groups excluding carboxylic acids is 1. The van der Waals surface area contributed by atoms with Crippen LogP contribution in [-0.2, 0) is 11.2 Å². The number of anilines is 1. The van der Waals surface area contributed by atoms with Crippen molar-refractivity contribution in [3.05, 3.63) is 29.8 Å². The molecule has 1 aromatic carbocycles. The zero-order valence-electron chi connectivity index (χ0n) is 10.9. The molecule has 0 aliphatic carbocycles. The van der Waals surface area contributed by atoms with Crippen molar-refractivity contribution < 1.29 is 4.79 Å². The second-order valence-electron chi connectivity index (χ2n) is 4.20. The molecule has 0 aliphatic rings. The Morgan fingerprint density at radius 3 is 2.35 bits per heavy atom. The highest BCUT2D eigenvalue weighted by Gasteiger charge is 2.15. The van der Waals surface area contributed by atoms with Gasteiger partial charge in [0, 0.05) is 12.2 Å². The Labute approximate surface area is 104 Å². The lowest BCUT2D eigenvalue weighted by Gasteiger charge is -2.14. The number of rotatable bonds is 6. The van der Waals surface area contributed by atoms with Gasteiger partial charge < -0.3 is 10.6 Å². The van der Waals surface area contributed by atoms with E-state index in [1.165, 1.54) is 5.56 Å². The first-order chi connectivity index (χ1) is 8.21. The first kappa shape index (κ1) is 13.7. The minimum absolute atomic E-state index is 0.0332. The van der Waals surface area contributed by atoms with Gasteiger partial charge in [0.25, 0.3) is 0 Å². The van der Waals surface area contributed by atoms with Crippen LogP contribution < -0.4 is 10.6 Å². The molecule has 0 radical (unpaired) electrons. The summed E-state index contributed by atoms with van der Waals surface area (Å²) in [5.41, 5.74) is 2.16. The van der Waals surface area contributed by atoms with Crippen LogP contribution in [0.25, 0.3) is 0 Å². The molecule has 3 heteroatoms. The average Bonchev–Trinajstić information content (AvgIpc) is 2.36. The maximum Gasteiger partial charge on any atom is 0.228 e. The predicted octanol–water partition coefficient (Wildman–Crippen LogP) is 2.43. The smallest absolute Gasteiger partial charge is 0.228 e. The van der Waals surface area contributed by atoms with Crippen molar-refractivity contribution in [3.8, 4) is 0 Å². The van der Waals surface area contributed by atoms with Gasteiger partial charge in [0.1, 0.15) is 0 Å². The number of aryl methyl sites for hydroxylation is 1. The first-order valence-electron chi connectivity index (χ1n) is 6.25. The lowest BCUT2D eigenvalue weighted by atomic mass is 10.1. The summed E-state index contributed by atoms with van der Waals surface area (Å²) < 4.78 is 0. The van der Waals surface area contributed by atoms with Crippen LogP contribution in [0, 0.1) is 5.92 Å². The van der Waals surface area contributed by atoms with Crippen molar-refractivity contribution in [2.75, 3.05) is 18.9 Å². The summed E-state index contributed by atoms with van der Waals surface area (Å²) in [4.78, 5) is 11.9. The molecule has 1 amide bonds. The lowest BCUT2D eigenvalue weighted by Crippen LogP contribution is -2.30. The molecule has 0 heterocycles. The van der Waals surface area contributed by atoms with Gasteiger partial charge in [0.05, 0.1) is 5.92 Å². The molecule has 0 aromatic heterocycles. The maximum absolute atomic E-state index is 11.9. The van der Waals surface area contributed by atoms with E-state index in [0.717, 1.165) is 25.1 Å². The Morgan fingerprint density at radius 1 is 1.24 bits per heavy atom. The normalized spacial score (nSPS) is 12.2. The first-order valence-corrected chi connectivity index (χ1v) is 6.25. The van der Waals surface area contributed by atoms with E-state index in [1.807, 2.05) is 26.1 Å². The van der Waals surface area contributed by atoms with Gasteiger partial charge in [-0.1, -0.05) is 26.0 Å². The van der Waals surface area contributed by atoms with Gasteiger partial charge in [-0.05, 0) is 37.6 Å². The second-order valence-corrected chi connectivity index (χ2v) is 4.20. The summed E-state index contributed by atoms with van der Waals surface area (Å²) in [6, 6.07) is 8.02. The van der Waals surface area contributed by atoms with Gasteiger partial charge >= 0.3 is 0 Å². The molecule has 94 valence electrons. The molecule has 17 heavy (non-hydrogen) atoms. The van der Waals surface area contributed by atoms with E-state index in [9.17, 15) is 4.79 Å². The quantitative estimate of drug-likeness (QED) is 0.793. The third-order valence-corrected chi connectivity index (χ3v) is 2.94. The summed E-state index contributed by atoms with van der Waals surface area (Å²) >= 11 is 0. The lowest BCUT2D eigenvalue weighted by molar-refractivity contribution is -0.119. The summed E-state index contributed by atoms with van der Waals surface area (Å²) in [5.74, 6) is 0.122. The van der Waals surface area contributed by atoms with E-state index in [1.54, 1.807) is 0 Å². The molecule has 1 atom stereocenters. The topological polar surface area (TPSA) is 41.1 Å². The number of carbonyl (C=O) groups is 1. The number of nitrogens with one attached hydrogen (secondary N) is 2. The van der Waals surface area contributed by atoms with Crippen LogP contribution in [0.5, 0.6) is 0 Å². The van der Waals surface area contributed by atoms with Gasteiger partial charge in [-0.3, -0.25) is 4.79 Å². The van der Waals surface area contributed by atoms with E-state index in [2.05, 4.69) is 29.7 Å². The van der Waals surface area contributed by atoms with Gasteiger partial charge in [0.2, 0.25) is 5.91 Å². The van der Waals surface area contributed by atoms with Crippen molar-refractivity contribution in [1.82, 2.24) is 5.32 Å². The van der Waals surface area contributed by atoms with E-state index < -0.39 is 0 Å². The third kappa shape index (κ3) is 4.19. The number of benzene rings is 1. The molecule has 1 rings (SSSR count). The SMILES string of the molecule is CCc1ccc(NC(=O)C(CC)CNC)cc1. The van der Waals surface area contributed by atoms with Crippen LogP contribution >= 0.6 is 0 Å². The molecular weight excluding hydrogens is 212 g/mol. The van der Waals surface area contributed by atoms with Gasteiger partial charge in [0.15, 0.2) is 0 Å². The van der Waals surface area contributed by atoms with Crippen LogP contribution in [0.2, 0.25) is 0 Å². The molecule has 0 spiro atoms. The van der Waals surface area contributed by atoms with Gasteiger partial charge in [-0.25, -0.2) is 0 Å². The van der Waals surface area contributed by atoms with E-state index in [-0.39, 0.29) is 11.8 Å². The second kappa shape index (κ2) is 7.07. The Morgan fingerprint density at radius 2 is 1.88 bits per heavy atom. The molecular formula is C14H22N2O. The zero-order chi connectivity index (χ0) is 12.7. The van der Waals surface area contributed by atoms with Gasteiger partial charge in [-0.2, -0.15) is 0 Å². The molecule has 1 unspecified atom stereocenters. The molecule has 1 aromatic rings. The summed E-state index contributed by atoms with van der Waals surface area (Å²) in [6.07, 6.45) is 1.87. The summed E-state index contributed by atoms with van der Waals surface area (Å²) in [6.45, 7) is 4.87. The van der Waals surface area contributed by atoms with Crippen LogP contribution in [0.15, 0.2) is 24.3 Å². The van der Waals surface area contributed by atoms with Crippen molar-refractivity contribution >= 4 is 11.6 Å². The van der Waals surface area contributed by atoms with Crippen LogP contribution in [0.1, 0.15) is 25.8 Å². The van der Waals surface area contributed by atoms with Crippen molar-refractivity contribution in [1.29, 1.82) is 0 Å². The Balaban J connectivity index is 2.59. The monoisotopic (exact) mass is 234 g/mol. The van der Waals surface area contributed by atoms with Crippen molar-refractivity contribution in [2.24, 2.45) is 5.92 Å². The minimum Gasteiger partial charge on any atom is -0.326 e. The zero-order valence-corrected chi connectivity index (χ0v) is 10.9. The highest BCUT2D eigenvalue weighted by molar-refractivity contribution is 5.92. The number of hydrogen-bond acceptors (Lipinski definition) is 2. The van der Waals surface area contributed by atoms with E-state index in [4.69, 9.17) is 0 Å². The largest absolute Gasteiger partial charge is 0.326 e. The fourth-order valence-corrected chi connectivity index (χ4v) is 1.74. The molecule has 0 bridgehead atoms. The maximum atomic E-state index is 11.9. The van der Waals surface area contributed by atoms with E-state index in [0.29, 0.717) is 0 Å². The molecule has 0 saturated heterocycles. The molecule has 3 nitrogen and oxygen atoms in total. The van der Waals surface area contributed by atoms with Crippen molar-refractivity contribution in [3.63, 3.8) is 0 Å². The Bertz CT molecular complexity index is 346. The highest BCUT2D eigenvalue weighted by Crippen LogP contribution is 2.12. The predicted molar refractivity (Wildman–Crippen MR) is 72.2 cm³/mol. The Hall–Kier alpha value is -1.35. The molecule has 2 N–H and O–H groups in total. The third-order valence-electron chi connectivity index (χ3n) is 2.94.